The number of aromatic nitrogens is 3. The summed E-state index contributed by atoms with van der Waals surface area (Å²) in [6.45, 7) is 1.59. The Kier molecular flexibility index (Phi) is 6.16. The fourth-order valence-corrected chi connectivity index (χ4v) is 3.11. The molecule has 1 saturated carbocycles. The van der Waals surface area contributed by atoms with Crippen molar-refractivity contribution in [2.24, 2.45) is 16.6 Å². The largest absolute Gasteiger partial charge is 0.456 e. The maximum atomic E-state index is 14.3. The standard InChI is InChI=1S/C22H20F3N7O3/c1-11(26)7-17(27-2)20(34)28-16-8-12(3-5-15(16)23)35-13-4-6-18-29-21(31-32(18)10-13)30-19(33)14-9-22(14,24)25/h3-8,10,14H,9,26H2,1-2H3,(H,28,34)(H,30,31,33). The summed E-state index contributed by atoms with van der Waals surface area (Å²) < 4.78 is 47.4. The second-order valence-electron chi connectivity index (χ2n) is 7.81. The molecular weight excluding hydrogens is 467 g/mol. The molecule has 1 aliphatic carbocycles. The number of anilines is 2. The van der Waals surface area contributed by atoms with Crippen molar-refractivity contribution in [3.8, 4) is 11.5 Å². The van der Waals surface area contributed by atoms with E-state index in [0.29, 0.717) is 11.3 Å². The quantitative estimate of drug-likeness (QED) is 0.438. The van der Waals surface area contributed by atoms with Crippen LogP contribution in [0.1, 0.15) is 13.3 Å². The van der Waals surface area contributed by atoms with E-state index in [9.17, 15) is 22.8 Å². The first-order valence-electron chi connectivity index (χ1n) is 10.3. The number of hydrogen-bond acceptors (Lipinski definition) is 7. The molecule has 1 aromatic carbocycles. The Morgan fingerprint density at radius 3 is 2.63 bits per heavy atom. The van der Waals surface area contributed by atoms with Gasteiger partial charge < -0.3 is 15.8 Å². The van der Waals surface area contributed by atoms with E-state index in [1.165, 1.54) is 42.0 Å². The van der Waals surface area contributed by atoms with Crippen molar-refractivity contribution in [3.05, 3.63) is 54.1 Å². The number of halogens is 3. The lowest BCUT2D eigenvalue weighted by molar-refractivity contribution is -0.119. The first-order valence-corrected chi connectivity index (χ1v) is 10.3. The summed E-state index contributed by atoms with van der Waals surface area (Å²) in [6.07, 6.45) is 2.29. The molecule has 4 N–H and O–H groups in total. The number of benzene rings is 1. The number of rotatable bonds is 7. The van der Waals surface area contributed by atoms with Gasteiger partial charge in [0, 0.05) is 25.2 Å². The van der Waals surface area contributed by atoms with Crippen LogP contribution in [0.2, 0.25) is 0 Å². The van der Waals surface area contributed by atoms with Gasteiger partial charge in [-0.2, -0.15) is 4.98 Å². The van der Waals surface area contributed by atoms with E-state index in [2.05, 4.69) is 25.7 Å². The Hall–Kier alpha value is -4.42. The number of hydrogen-bond donors (Lipinski definition) is 3. The number of aliphatic imine (C=N–C) groups is 1. The van der Waals surface area contributed by atoms with Gasteiger partial charge in [0.1, 0.15) is 28.9 Å². The molecule has 0 radical (unpaired) electrons. The zero-order valence-corrected chi connectivity index (χ0v) is 18.6. The Balaban J connectivity index is 1.48. The molecule has 2 amide bonds. The van der Waals surface area contributed by atoms with Crippen LogP contribution in [0.25, 0.3) is 5.65 Å². The molecule has 4 rings (SSSR count). The first-order chi connectivity index (χ1) is 16.6. The van der Waals surface area contributed by atoms with Gasteiger partial charge in [0.05, 0.1) is 11.9 Å². The van der Waals surface area contributed by atoms with Crippen LogP contribution < -0.4 is 21.1 Å². The summed E-state index contributed by atoms with van der Waals surface area (Å²) in [6, 6.07) is 6.83. The molecule has 1 unspecified atom stereocenters. The normalized spacial score (nSPS) is 17.2. The van der Waals surface area contributed by atoms with Crippen LogP contribution in [0, 0.1) is 11.7 Å². The average molecular weight is 487 g/mol. The third-order valence-corrected chi connectivity index (χ3v) is 4.94. The number of ether oxygens (including phenoxy) is 1. The van der Waals surface area contributed by atoms with Gasteiger partial charge in [-0.15, -0.1) is 5.10 Å². The van der Waals surface area contributed by atoms with Crippen LogP contribution in [-0.2, 0) is 9.59 Å². The topological polar surface area (TPSA) is 136 Å². The van der Waals surface area contributed by atoms with Crippen LogP contribution in [0.15, 0.2) is 53.3 Å². The van der Waals surface area contributed by atoms with E-state index in [1.807, 2.05) is 0 Å². The van der Waals surface area contributed by atoms with Crippen LogP contribution in [0.3, 0.4) is 0 Å². The van der Waals surface area contributed by atoms with Gasteiger partial charge in [-0.3, -0.25) is 19.9 Å². The number of allylic oxidation sites excluding steroid dienone is 1. The lowest BCUT2D eigenvalue weighted by atomic mass is 10.2. The maximum Gasteiger partial charge on any atom is 0.273 e. The maximum absolute atomic E-state index is 14.3. The molecule has 182 valence electrons. The van der Waals surface area contributed by atoms with Gasteiger partial charge in [0.25, 0.3) is 11.8 Å². The highest BCUT2D eigenvalue weighted by Gasteiger charge is 2.61. The van der Waals surface area contributed by atoms with Crippen molar-refractivity contribution < 1.29 is 27.5 Å². The van der Waals surface area contributed by atoms with Crippen LogP contribution in [0.5, 0.6) is 11.5 Å². The zero-order chi connectivity index (χ0) is 25.3. The number of nitrogens with one attached hydrogen (secondary N) is 2. The highest BCUT2D eigenvalue weighted by atomic mass is 19.3. The number of fused-ring (bicyclic) bond motifs is 1. The molecule has 1 atom stereocenters. The minimum atomic E-state index is -3.00. The van der Waals surface area contributed by atoms with E-state index in [1.54, 1.807) is 13.0 Å². The van der Waals surface area contributed by atoms with Crippen molar-refractivity contribution in [1.82, 2.24) is 14.6 Å². The van der Waals surface area contributed by atoms with Gasteiger partial charge in [-0.25, -0.2) is 17.7 Å². The van der Waals surface area contributed by atoms with Crippen LogP contribution in [-0.4, -0.2) is 45.1 Å². The lowest BCUT2D eigenvalue weighted by Gasteiger charge is -2.10. The molecule has 0 bridgehead atoms. The first kappa shape index (κ1) is 23.7. The Bertz CT molecular complexity index is 1380. The monoisotopic (exact) mass is 487 g/mol. The van der Waals surface area contributed by atoms with E-state index in [0.717, 1.165) is 6.07 Å². The minimum absolute atomic E-state index is 0.0145. The molecule has 2 aromatic heterocycles. The van der Waals surface area contributed by atoms with Crippen molar-refractivity contribution in [1.29, 1.82) is 0 Å². The van der Waals surface area contributed by atoms with E-state index in [-0.39, 0.29) is 28.8 Å². The summed E-state index contributed by atoms with van der Waals surface area (Å²) in [7, 11) is 1.41. The van der Waals surface area contributed by atoms with Gasteiger partial charge in [0.15, 0.2) is 5.65 Å². The Morgan fingerprint density at radius 2 is 1.97 bits per heavy atom. The summed E-state index contributed by atoms with van der Waals surface area (Å²) in [5.74, 6) is -6.23. The van der Waals surface area contributed by atoms with Gasteiger partial charge in [-0.05, 0) is 37.3 Å². The number of carbonyl (C=O) groups excluding carboxylic acids is 2. The highest BCUT2D eigenvalue weighted by molar-refractivity contribution is 6.47. The van der Waals surface area contributed by atoms with E-state index < -0.39 is 35.9 Å². The number of amides is 2. The van der Waals surface area contributed by atoms with E-state index >= 15 is 0 Å². The molecule has 0 aliphatic heterocycles. The molecule has 35 heavy (non-hydrogen) atoms. The molecule has 0 spiro atoms. The highest BCUT2D eigenvalue weighted by Crippen LogP contribution is 2.48. The smallest absolute Gasteiger partial charge is 0.273 e. The molecule has 13 heteroatoms. The second kappa shape index (κ2) is 9.08. The van der Waals surface area contributed by atoms with Gasteiger partial charge >= 0.3 is 0 Å². The summed E-state index contributed by atoms with van der Waals surface area (Å²) in [5, 5.41) is 8.73. The molecule has 10 nitrogen and oxygen atoms in total. The third kappa shape index (κ3) is 5.39. The number of nitrogens with two attached hydrogens (primary N) is 1. The number of pyridine rings is 1. The van der Waals surface area contributed by atoms with Gasteiger partial charge in [0.2, 0.25) is 11.9 Å². The van der Waals surface area contributed by atoms with Crippen molar-refractivity contribution in [2.75, 3.05) is 17.7 Å². The Labute approximate surface area is 196 Å². The molecule has 0 saturated heterocycles. The predicted octanol–water partition coefficient (Wildman–Crippen LogP) is 3.13. The lowest BCUT2D eigenvalue weighted by Crippen LogP contribution is -2.22. The molecule has 1 fully saturated rings. The van der Waals surface area contributed by atoms with Crippen molar-refractivity contribution in [2.45, 2.75) is 19.3 Å². The number of alkyl halides is 2. The number of carbonyl (C=O) groups is 2. The number of nitrogens with zero attached hydrogens (tertiary/aromatic N) is 4. The van der Waals surface area contributed by atoms with Gasteiger partial charge in [-0.1, -0.05) is 0 Å². The van der Waals surface area contributed by atoms with E-state index in [4.69, 9.17) is 10.5 Å². The molecule has 3 aromatic rings. The van der Waals surface area contributed by atoms with Crippen molar-refractivity contribution in [3.63, 3.8) is 0 Å². The fourth-order valence-electron chi connectivity index (χ4n) is 3.11. The summed E-state index contributed by atoms with van der Waals surface area (Å²) in [5.41, 5.74) is 6.14. The minimum Gasteiger partial charge on any atom is -0.456 e. The van der Waals surface area contributed by atoms with Crippen LogP contribution in [0.4, 0.5) is 24.8 Å². The predicted molar refractivity (Wildman–Crippen MR) is 121 cm³/mol. The fraction of sp³-hybridized carbons (Fsp3) is 0.227. The van der Waals surface area contributed by atoms with Crippen molar-refractivity contribution >= 4 is 34.8 Å². The molecule has 1 aliphatic rings. The Morgan fingerprint density at radius 1 is 1.26 bits per heavy atom. The average Bonchev–Trinajstić information content (AvgIpc) is 3.25. The SMILES string of the molecule is CN=C(C=C(C)N)C(=O)Nc1cc(Oc2ccc3nc(NC(=O)C4CC4(F)F)nn3c2)ccc1F. The third-order valence-electron chi connectivity index (χ3n) is 4.94. The molecule has 2 heterocycles. The zero-order valence-electron chi connectivity index (χ0n) is 18.6. The second-order valence-corrected chi connectivity index (χ2v) is 7.81. The molecular formula is C22H20F3N7O3. The summed E-state index contributed by atoms with van der Waals surface area (Å²) in [4.78, 5) is 32.1. The van der Waals surface area contributed by atoms with Crippen LogP contribution >= 0.6 is 0 Å². The summed E-state index contributed by atoms with van der Waals surface area (Å²) >= 11 is 0.